The van der Waals surface area contributed by atoms with Crippen molar-refractivity contribution < 1.29 is 14.3 Å². The molecule has 1 aliphatic rings. The molecule has 0 N–H and O–H groups in total. The van der Waals surface area contributed by atoms with Crippen LogP contribution in [-0.4, -0.2) is 18.7 Å². The molecule has 1 aliphatic heterocycles. The first-order chi connectivity index (χ1) is 7.80. The predicted molar refractivity (Wildman–Crippen MR) is 67.4 cm³/mol. The maximum atomic E-state index is 11.9. The van der Waals surface area contributed by atoms with E-state index < -0.39 is 0 Å². The lowest BCUT2D eigenvalue weighted by Crippen LogP contribution is -2.32. The van der Waals surface area contributed by atoms with Crippen molar-refractivity contribution in [2.75, 3.05) is 6.61 Å². The van der Waals surface area contributed by atoms with Gasteiger partial charge in [-0.2, -0.15) is 0 Å². The molecule has 1 unspecified atom stereocenters. The fourth-order valence-electron chi connectivity index (χ4n) is 2.42. The molecule has 98 valence electrons. The Kier molecular flexibility index (Phi) is 4.23. The number of carbonyl (C=O) groups excluding carboxylic acids is 1. The van der Waals surface area contributed by atoms with Crippen LogP contribution in [0.2, 0.25) is 0 Å². The van der Waals surface area contributed by atoms with Gasteiger partial charge in [0, 0.05) is 5.41 Å². The number of rotatable bonds is 4. The van der Waals surface area contributed by atoms with Gasteiger partial charge in [-0.1, -0.05) is 27.7 Å². The molecular formula is C14H24O3. The Morgan fingerprint density at radius 1 is 1.47 bits per heavy atom. The van der Waals surface area contributed by atoms with Crippen molar-refractivity contribution in [3.8, 4) is 0 Å². The summed E-state index contributed by atoms with van der Waals surface area (Å²) in [6.45, 7) is 12.5. The number of hydrogen-bond acceptors (Lipinski definition) is 3. The van der Waals surface area contributed by atoms with Gasteiger partial charge in [0.15, 0.2) is 0 Å². The molecule has 0 saturated carbocycles. The van der Waals surface area contributed by atoms with E-state index in [1.165, 1.54) is 0 Å². The van der Waals surface area contributed by atoms with E-state index in [1.54, 1.807) is 0 Å². The minimum absolute atomic E-state index is 0.0712. The third-order valence-corrected chi connectivity index (χ3v) is 3.29. The summed E-state index contributed by atoms with van der Waals surface area (Å²) in [5.74, 6) is 1.04. The van der Waals surface area contributed by atoms with Crippen LogP contribution in [0.1, 0.15) is 48.0 Å². The van der Waals surface area contributed by atoms with Gasteiger partial charge in [0.05, 0.1) is 12.2 Å². The second-order valence-corrected chi connectivity index (χ2v) is 5.61. The van der Waals surface area contributed by atoms with Gasteiger partial charge < -0.3 is 9.47 Å². The fraction of sp³-hybridized carbons (Fsp3) is 0.786. The van der Waals surface area contributed by atoms with Crippen LogP contribution < -0.4 is 0 Å². The van der Waals surface area contributed by atoms with Crippen LogP contribution in [0.15, 0.2) is 11.3 Å². The Balaban J connectivity index is 2.91. The monoisotopic (exact) mass is 240 g/mol. The van der Waals surface area contributed by atoms with Crippen LogP contribution in [0, 0.1) is 11.3 Å². The number of hydrogen-bond donors (Lipinski definition) is 0. The van der Waals surface area contributed by atoms with Crippen molar-refractivity contribution in [3.63, 3.8) is 0 Å². The smallest absolute Gasteiger partial charge is 0.338 e. The van der Waals surface area contributed by atoms with Crippen molar-refractivity contribution >= 4 is 5.97 Å². The summed E-state index contributed by atoms with van der Waals surface area (Å²) in [6.07, 6.45) is 1.02. The normalized spacial score (nSPS) is 22.9. The van der Waals surface area contributed by atoms with Gasteiger partial charge in [-0.25, -0.2) is 4.79 Å². The highest BCUT2D eigenvalue weighted by molar-refractivity contribution is 5.91. The van der Waals surface area contributed by atoms with Crippen LogP contribution in [0.4, 0.5) is 0 Å². The molecule has 0 aliphatic carbocycles. The molecule has 0 radical (unpaired) electrons. The van der Waals surface area contributed by atoms with Gasteiger partial charge in [-0.05, 0) is 26.2 Å². The number of carbonyl (C=O) groups is 1. The van der Waals surface area contributed by atoms with Crippen molar-refractivity contribution in [1.82, 2.24) is 0 Å². The Labute approximate surface area is 104 Å². The highest BCUT2D eigenvalue weighted by Gasteiger charge is 2.46. The second kappa shape index (κ2) is 5.11. The summed E-state index contributed by atoms with van der Waals surface area (Å²) in [6, 6.07) is 0. The van der Waals surface area contributed by atoms with E-state index in [0.29, 0.717) is 18.1 Å². The highest BCUT2D eigenvalue weighted by Crippen LogP contribution is 2.44. The first kappa shape index (κ1) is 14.1. The zero-order valence-electron chi connectivity index (χ0n) is 11.8. The van der Waals surface area contributed by atoms with Gasteiger partial charge in [0.1, 0.15) is 11.9 Å². The lowest BCUT2D eigenvalue weighted by molar-refractivity contribution is -0.139. The summed E-state index contributed by atoms with van der Waals surface area (Å²) in [5, 5.41) is 0. The van der Waals surface area contributed by atoms with Crippen LogP contribution in [0.5, 0.6) is 0 Å². The zero-order valence-corrected chi connectivity index (χ0v) is 11.8. The molecule has 3 heteroatoms. The molecule has 0 bridgehead atoms. The summed E-state index contributed by atoms with van der Waals surface area (Å²) < 4.78 is 11.0. The minimum Gasteiger partial charge on any atom is -0.494 e. The van der Waals surface area contributed by atoms with Gasteiger partial charge in [0.2, 0.25) is 0 Å². The predicted octanol–water partition coefficient (Wildman–Crippen LogP) is 3.29. The van der Waals surface area contributed by atoms with E-state index in [1.807, 2.05) is 13.8 Å². The van der Waals surface area contributed by atoms with Crippen LogP contribution >= 0.6 is 0 Å². The highest BCUT2D eigenvalue weighted by atomic mass is 16.5. The molecule has 0 aromatic heterocycles. The number of ether oxygens (including phenoxy) is 2. The molecule has 0 aromatic rings. The first-order valence-electron chi connectivity index (χ1n) is 6.35. The standard InChI is InChI=1S/C14H24O3/c1-7-16-13(15)12-10(4)17-11(8-9(2)3)14(12,5)6/h9,11H,7-8H2,1-6H3. The SMILES string of the molecule is CCOC(=O)C1=C(C)OC(CC(C)C)C1(C)C. The molecule has 17 heavy (non-hydrogen) atoms. The average molecular weight is 240 g/mol. The van der Waals surface area contributed by atoms with E-state index in [0.717, 1.165) is 12.2 Å². The molecule has 0 amide bonds. The quantitative estimate of drug-likeness (QED) is 0.707. The average Bonchev–Trinajstić information content (AvgIpc) is 2.36. The topological polar surface area (TPSA) is 35.5 Å². The molecule has 1 heterocycles. The molecule has 0 fully saturated rings. The Bertz CT molecular complexity index is 326. The van der Waals surface area contributed by atoms with Crippen LogP contribution in [0.25, 0.3) is 0 Å². The van der Waals surface area contributed by atoms with E-state index in [4.69, 9.17) is 9.47 Å². The summed E-state index contributed by atoms with van der Waals surface area (Å²) >= 11 is 0. The van der Waals surface area contributed by atoms with Gasteiger partial charge in [-0.15, -0.1) is 0 Å². The molecule has 1 rings (SSSR count). The maximum Gasteiger partial charge on any atom is 0.338 e. The Morgan fingerprint density at radius 3 is 2.53 bits per heavy atom. The van der Waals surface area contributed by atoms with Crippen molar-refractivity contribution in [2.24, 2.45) is 11.3 Å². The molecule has 0 spiro atoms. The van der Waals surface area contributed by atoms with Gasteiger partial charge >= 0.3 is 5.97 Å². The van der Waals surface area contributed by atoms with Crippen LogP contribution in [0.3, 0.4) is 0 Å². The Hall–Kier alpha value is -0.990. The zero-order chi connectivity index (χ0) is 13.2. The summed E-state index contributed by atoms with van der Waals surface area (Å²) in [7, 11) is 0. The lowest BCUT2D eigenvalue weighted by Gasteiger charge is -2.28. The van der Waals surface area contributed by atoms with Crippen molar-refractivity contribution in [3.05, 3.63) is 11.3 Å². The summed E-state index contributed by atoms with van der Waals surface area (Å²) in [5.41, 5.74) is 0.436. The van der Waals surface area contributed by atoms with E-state index in [9.17, 15) is 4.79 Å². The van der Waals surface area contributed by atoms with Crippen LogP contribution in [-0.2, 0) is 14.3 Å². The van der Waals surface area contributed by atoms with Gasteiger partial charge in [0.25, 0.3) is 0 Å². The Morgan fingerprint density at radius 2 is 2.06 bits per heavy atom. The van der Waals surface area contributed by atoms with E-state index >= 15 is 0 Å². The second-order valence-electron chi connectivity index (χ2n) is 5.61. The minimum atomic E-state index is -0.263. The fourth-order valence-corrected chi connectivity index (χ4v) is 2.42. The molecule has 0 saturated heterocycles. The van der Waals surface area contributed by atoms with E-state index in [2.05, 4.69) is 27.7 Å². The molecule has 0 aromatic carbocycles. The largest absolute Gasteiger partial charge is 0.494 e. The van der Waals surface area contributed by atoms with Crippen molar-refractivity contribution in [1.29, 1.82) is 0 Å². The number of allylic oxidation sites excluding steroid dienone is 1. The van der Waals surface area contributed by atoms with Gasteiger partial charge in [-0.3, -0.25) is 0 Å². The first-order valence-corrected chi connectivity index (χ1v) is 6.35. The lowest BCUT2D eigenvalue weighted by atomic mass is 9.77. The third kappa shape index (κ3) is 2.82. The molecular weight excluding hydrogens is 216 g/mol. The number of esters is 1. The molecule has 1 atom stereocenters. The van der Waals surface area contributed by atoms with Crippen molar-refractivity contribution in [2.45, 2.75) is 54.1 Å². The molecule has 3 nitrogen and oxygen atoms in total. The maximum absolute atomic E-state index is 11.9. The van der Waals surface area contributed by atoms with E-state index in [-0.39, 0.29) is 17.5 Å². The summed E-state index contributed by atoms with van der Waals surface area (Å²) in [4.78, 5) is 11.9. The third-order valence-electron chi connectivity index (χ3n) is 3.29.